The van der Waals surface area contributed by atoms with Gasteiger partial charge in [-0.3, -0.25) is 9.80 Å². The predicted molar refractivity (Wildman–Crippen MR) is 141 cm³/mol. The molecule has 2 fully saturated rings. The van der Waals surface area contributed by atoms with Crippen molar-refractivity contribution < 1.29 is 14.3 Å². The predicted octanol–water partition coefficient (Wildman–Crippen LogP) is 4.22. The summed E-state index contributed by atoms with van der Waals surface area (Å²) < 4.78 is 7.48. The molecule has 3 aromatic rings. The molecule has 2 aliphatic heterocycles. The Morgan fingerprint density at radius 2 is 1.92 bits per heavy atom. The van der Waals surface area contributed by atoms with Crippen LogP contribution < -0.4 is 15.1 Å². The second-order valence-corrected chi connectivity index (χ2v) is 11.3. The molecular formula is C27H33N7O3. The third kappa shape index (κ3) is 4.34. The monoisotopic (exact) mass is 503 g/mol. The van der Waals surface area contributed by atoms with Gasteiger partial charge >= 0.3 is 12.1 Å². The fourth-order valence-corrected chi connectivity index (χ4v) is 5.52. The largest absolute Gasteiger partial charge is 0.444 e. The number of carbonyl (C=O) groups excluding carboxylic acids is 2. The van der Waals surface area contributed by atoms with Crippen LogP contribution in [-0.2, 0) is 11.2 Å². The van der Waals surface area contributed by atoms with Gasteiger partial charge in [0.15, 0.2) is 0 Å². The molecule has 3 aromatic heterocycles. The smallest absolute Gasteiger partial charge is 0.410 e. The summed E-state index contributed by atoms with van der Waals surface area (Å²) in [5.74, 6) is 0.704. The molecule has 1 spiro atoms. The van der Waals surface area contributed by atoms with Crippen molar-refractivity contribution in [3.8, 4) is 0 Å². The van der Waals surface area contributed by atoms with E-state index in [9.17, 15) is 9.59 Å². The van der Waals surface area contributed by atoms with Gasteiger partial charge in [0.1, 0.15) is 11.4 Å². The molecule has 1 N–H and O–H groups in total. The van der Waals surface area contributed by atoms with E-state index in [2.05, 4.69) is 20.3 Å². The van der Waals surface area contributed by atoms with E-state index in [1.807, 2.05) is 63.1 Å². The molecule has 1 aliphatic carbocycles. The molecule has 1 saturated carbocycles. The zero-order valence-electron chi connectivity index (χ0n) is 21.8. The lowest BCUT2D eigenvalue weighted by molar-refractivity contribution is 0.0106. The molecule has 10 nitrogen and oxygen atoms in total. The third-order valence-corrected chi connectivity index (χ3v) is 7.36. The summed E-state index contributed by atoms with van der Waals surface area (Å²) in [5.41, 5.74) is 4.08. The van der Waals surface area contributed by atoms with Crippen LogP contribution in [-0.4, -0.2) is 68.9 Å². The van der Waals surface area contributed by atoms with Crippen LogP contribution in [0.4, 0.5) is 26.8 Å². The van der Waals surface area contributed by atoms with E-state index in [0.717, 1.165) is 54.0 Å². The summed E-state index contributed by atoms with van der Waals surface area (Å²) in [6, 6.07) is 7.58. The van der Waals surface area contributed by atoms with Crippen molar-refractivity contribution in [1.82, 2.24) is 19.5 Å². The number of carbonyl (C=O) groups is 2. The highest BCUT2D eigenvalue weighted by atomic mass is 16.6. The molecule has 3 amide bonds. The van der Waals surface area contributed by atoms with Gasteiger partial charge in [0, 0.05) is 55.5 Å². The van der Waals surface area contributed by atoms with E-state index >= 15 is 0 Å². The molecule has 37 heavy (non-hydrogen) atoms. The molecule has 0 unspecified atom stereocenters. The van der Waals surface area contributed by atoms with Crippen LogP contribution in [0.3, 0.4) is 0 Å². The number of amides is 3. The Balaban J connectivity index is 1.18. The maximum absolute atomic E-state index is 13.2. The molecule has 1 saturated heterocycles. The van der Waals surface area contributed by atoms with Gasteiger partial charge in [-0.1, -0.05) is 0 Å². The second kappa shape index (κ2) is 8.36. The number of aryl methyl sites for hydroxylation is 1. The Morgan fingerprint density at radius 1 is 1.11 bits per heavy atom. The zero-order valence-corrected chi connectivity index (χ0v) is 21.8. The van der Waals surface area contributed by atoms with Gasteiger partial charge in [-0.25, -0.2) is 19.1 Å². The van der Waals surface area contributed by atoms with Gasteiger partial charge in [-0.2, -0.15) is 5.10 Å². The van der Waals surface area contributed by atoms with Crippen molar-refractivity contribution in [2.75, 3.05) is 41.3 Å². The first kappa shape index (κ1) is 23.6. The van der Waals surface area contributed by atoms with Crippen molar-refractivity contribution in [2.24, 2.45) is 0 Å². The minimum absolute atomic E-state index is 0.170. The molecule has 0 radical (unpaired) electrons. The van der Waals surface area contributed by atoms with Crippen LogP contribution in [0.5, 0.6) is 0 Å². The number of nitrogens with zero attached hydrogens (tertiary/aromatic N) is 6. The number of piperazine rings is 1. The average Bonchev–Trinajstić information content (AvgIpc) is 3.27. The highest BCUT2D eigenvalue weighted by molar-refractivity contribution is 6.03. The van der Waals surface area contributed by atoms with Crippen molar-refractivity contribution >= 4 is 34.8 Å². The molecule has 0 aromatic carbocycles. The molecule has 194 valence electrons. The number of pyridine rings is 2. The van der Waals surface area contributed by atoms with E-state index in [-0.39, 0.29) is 17.7 Å². The van der Waals surface area contributed by atoms with E-state index < -0.39 is 5.60 Å². The quantitative estimate of drug-likeness (QED) is 0.563. The normalized spacial score (nSPS) is 18.3. The molecule has 3 aliphatic rings. The van der Waals surface area contributed by atoms with Crippen LogP contribution in [0.2, 0.25) is 0 Å². The summed E-state index contributed by atoms with van der Waals surface area (Å²) >= 11 is 0. The Labute approximate surface area is 216 Å². The number of hydrogen-bond acceptors (Lipinski definition) is 6. The van der Waals surface area contributed by atoms with E-state index in [0.29, 0.717) is 25.5 Å². The Kier molecular flexibility index (Phi) is 5.32. The second-order valence-electron chi connectivity index (χ2n) is 11.3. The number of aromatic nitrogens is 3. The maximum Gasteiger partial charge on any atom is 0.410 e. The Morgan fingerprint density at radius 3 is 2.68 bits per heavy atom. The molecule has 6 rings (SSSR count). The van der Waals surface area contributed by atoms with Gasteiger partial charge < -0.3 is 15.0 Å². The number of nitrogens with one attached hydrogen (secondary N) is 1. The van der Waals surface area contributed by atoms with E-state index in [1.165, 1.54) is 0 Å². The first-order valence-corrected chi connectivity index (χ1v) is 12.9. The van der Waals surface area contributed by atoms with Gasteiger partial charge in [0.2, 0.25) is 0 Å². The minimum atomic E-state index is -0.510. The van der Waals surface area contributed by atoms with Crippen molar-refractivity contribution in [1.29, 1.82) is 0 Å². The minimum Gasteiger partial charge on any atom is -0.444 e. The number of hydrogen-bond donors (Lipinski definition) is 1. The summed E-state index contributed by atoms with van der Waals surface area (Å²) in [4.78, 5) is 36.7. The number of ether oxygens (including phenoxy) is 1. The van der Waals surface area contributed by atoms with Gasteiger partial charge in [0.05, 0.1) is 16.7 Å². The number of urea groups is 1. The van der Waals surface area contributed by atoms with E-state index in [4.69, 9.17) is 4.74 Å². The number of anilines is 3. The van der Waals surface area contributed by atoms with Gasteiger partial charge in [0.25, 0.3) is 0 Å². The van der Waals surface area contributed by atoms with Crippen molar-refractivity contribution in [2.45, 2.75) is 58.1 Å². The summed E-state index contributed by atoms with van der Waals surface area (Å²) in [7, 11) is 0. The summed E-state index contributed by atoms with van der Waals surface area (Å²) in [5, 5.41) is 7.41. The Bertz CT molecular complexity index is 1390. The highest BCUT2D eigenvalue weighted by Gasteiger charge is 2.54. The third-order valence-electron chi connectivity index (χ3n) is 7.36. The first-order chi connectivity index (χ1) is 17.6. The summed E-state index contributed by atoms with van der Waals surface area (Å²) in [6.07, 6.45) is 6.10. The fraction of sp³-hybridized carbons (Fsp3) is 0.481. The maximum atomic E-state index is 13.2. The lowest BCUT2D eigenvalue weighted by atomic mass is 10.1. The van der Waals surface area contributed by atoms with Crippen LogP contribution in [0.25, 0.3) is 5.52 Å². The highest BCUT2D eigenvalue weighted by Crippen LogP contribution is 2.47. The first-order valence-electron chi connectivity index (χ1n) is 12.9. The Hall–Kier alpha value is -3.82. The summed E-state index contributed by atoms with van der Waals surface area (Å²) in [6.45, 7) is 10.3. The average molecular weight is 504 g/mol. The number of fused-ring (bicyclic) bond motifs is 2. The topological polar surface area (TPSA) is 95.3 Å². The van der Waals surface area contributed by atoms with Crippen LogP contribution in [0.1, 0.15) is 44.9 Å². The zero-order chi connectivity index (χ0) is 25.9. The van der Waals surface area contributed by atoms with Crippen LogP contribution in [0, 0.1) is 6.92 Å². The molecule has 10 heteroatoms. The fourth-order valence-electron chi connectivity index (χ4n) is 5.52. The SMILES string of the molecule is Cc1cc2cc(NC(=O)N3CCc4c(N5CCN(C(=O)OC(C)(C)C)C6(CC6)C5)ccnc43)ccn2n1. The lowest BCUT2D eigenvalue weighted by Crippen LogP contribution is -2.58. The van der Waals surface area contributed by atoms with Crippen LogP contribution >= 0.6 is 0 Å². The number of rotatable bonds is 2. The molecular weight excluding hydrogens is 470 g/mol. The molecule has 0 atom stereocenters. The van der Waals surface area contributed by atoms with Crippen LogP contribution in [0.15, 0.2) is 36.7 Å². The van der Waals surface area contributed by atoms with Crippen molar-refractivity contribution in [3.63, 3.8) is 0 Å². The lowest BCUT2D eigenvalue weighted by Gasteiger charge is -2.43. The molecule has 5 heterocycles. The van der Waals surface area contributed by atoms with Gasteiger partial charge in [-0.15, -0.1) is 0 Å². The molecule has 0 bridgehead atoms. The van der Waals surface area contributed by atoms with E-state index in [1.54, 1.807) is 15.6 Å². The van der Waals surface area contributed by atoms with Crippen molar-refractivity contribution in [3.05, 3.63) is 47.9 Å². The standard InChI is InChI=1S/C27H33N7O3/c1-18-15-20-16-19(6-12-34(20)30-18)29-24(35)32-11-7-21-22(5-10-28-23(21)32)31-13-14-33(27(17-31)8-9-27)25(36)37-26(2,3)4/h5-6,10,12,15-16H,7-9,11,13-14,17H2,1-4H3,(H,29,35). The van der Waals surface area contributed by atoms with Gasteiger partial charge in [-0.05, 0) is 71.2 Å².